The summed E-state index contributed by atoms with van der Waals surface area (Å²) in [6.07, 6.45) is 1.22. The second-order valence-corrected chi connectivity index (χ2v) is 4.36. The lowest BCUT2D eigenvalue weighted by molar-refractivity contribution is -0.921. The molecular formula is C12H17N4+. The van der Waals surface area contributed by atoms with Crippen LogP contribution in [0.4, 0.5) is 5.95 Å². The van der Waals surface area contributed by atoms with Crippen molar-refractivity contribution in [1.29, 1.82) is 0 Å². The molecule has 84 valence electrons. The van der Waals surface area contributed by atoms with Gasteiger partial charge in [0.15, 0.2) is 13.3 Å². The first-order chi connectivity index (χ1) is 7.88. The third-order valence-corrected chi connectivity index (χ3v) is 3.14. The van der Waals surface area contributed by atoms with Crippen LogP contribution in [0.5, 0.6) is 0 Å². The molecule has 3 rings (SSSR count). The van der Waals surface area contributed by atoms with Crippen molar-refractivity contribution in [2.45, 2.75) is 20.0 Å². The van der Waals surface area contributed by atoms with E-state index in [1.54, 1.807) is 4.90 Å². The first-order valence-electron chi connectivity index (χ1n) is 5.91. The van der Waals surface area contributed by atoms with Crippen molar-refractivity contribution in [3.63, 3.8) is 0 Å². The van der Waals surface area contributed by atoms with Crippen molar-refractivity contribution >= 4 is 17.0 Å². The Morgan fingerprint density at radius 1 is 1.44 bits per heavy atom. The summed E-state index contributed by atoms with van der Waals surface area (Å²) in [6.45, 7) is 5.45. The lowest BCUT2D eigenvalue weighted by atomic mass is 10.3. The lowest BCUT2D eigenvalue weighted by Gasteiger charge is -2.25. The number of para-hydroxylation sites is 2. The second-order valence-electron chi connectivity index (χ2n) is 4.36. The van der Waals surface area contributed by atoms with Gasteiger partial charge in [0.1, 0.15) is 0 Å². The first-order valence-corrected chi connectivity index (χ1v) is 5.91. The van der Waals surface area contributed by atoms with Gasteiger partial charge in [-0.15, -0.1) is 0 Å². The van der Waals surface area contributed by atoms with Crippen LogP contribution in [-0.4, -0.2) is 22.8 Å². The second kappa shape index (κ2) is 3.79. The summed E-state index contributed by atoms with van der Waals surface area (Å²) in [6, 6.07) is 8.33. The van der Waals surface area contributed by atoms with Crippen LogP contribution in [-0.2, 0) is 6.67 Å². The Kier molecular flexibility index (Phi) is 2.29. The molecule has 4 heteroatoms. The Morgan fingerprint density at radius 2 is 2.31 bits per heavy atom. The summed E-state index contributed by atoms with van der Waals surface area (Å²) in [4.78, 5) is 6.15. The summed E-state index contributed by atoms with van der Waals surface area (Å²) in [5.74, 6) is 1.01. The fourth-order valence-corrected chi connectivity index (χ4v) is 2.38. The Bertz CT molecular complexity index is 503. The zero-order valence-electron chi connectivity index (χ0n) is 9.53. The molecule has 0 amide bonds. The van der Waals surface area contributed by atoms with Crippen LogP contribution < -0.4 is 10.2 Å². The molecule has 0 fully saturated rings. The van der Waals surface area contributed by atoms with Crippen molar-refractivity contribution in [3.05, 3.63) is 24.3 Å². The van der Waals surface area contributed by atoms with Gasteiger partial charge in [-0.2, -0.15) is 0 Å². The lowest BCUT2D eigenvalue weighted by Crippen LogP contribution is -3.13. The van der Waals surface area contributed by atoms with Crippen LogP contribution in [0.15, 0.2) is 24.3 Å². The number of hydrogen-bond acceptors (Lipinski definition) is 2. The predicted octanol–water partition coefficient (Wildman–Crippen LogP) is 0.672. The highest BCUT2D eigenvalue weighted by Crippen LogP contribution is 2.18. The highest BCUT2D eigenvalue weighted by atomic mass is 15.4. The third-order valence-electron chi connectivity index (χ3n) is 3.14. The van der Waals surface area contributed by atoms with Crippen molar-refractivity contribution < 1.29 is 4.90 Å². The van der Waals surface area contributed by atoms with Gasteiger partial charge in [0.2, 0.25) is 5.95 Å². The molecule has 1 aromatic carbocycles. The number of hydrogen-bond donors (Lipinski definition) is 2. The molecule has 0 bridgehead atoms. The molecule has 0 radical (unpaired) electrons. The van der Waals surface area contributed by atoms with Gasteiger partial charge in [0.25, 0.3) is 0 Å². The summed E-state index contributed by atoms with van der Waals surface area (Å²) in [7, 11) is 0. The molecule has 1 unspecified atom stereocenters. The third kappa shape index (κ3) is 1.46. The zero-order chi connectivity index (χ0) is 11.0. The van der Waals surface area contributed by atoms with Gasteiger partial charge in [-0.05, 0) is 18.6 Å². The Hall–Kier alpha value is -1.55. The molecule has 2 aromatic rings. The highest BCUT2D eigenvalue weighted by molar-refractivity contribution is 5.78. The number of nitrogens with zero attached hydrogens (tertiary/aromatic N) is 2. The molecule has 0 saturated carbocycles. The molecule has 1 aliphatic heterocycles. The fraction of sp³-hybridized carbons (Fsp3) is 0.417. The number of nitrogens with one attached hydrogen (secondary N) is 2. The maximum atomic E-state index is 4.59. The maximum Gasteiger partial charge on any atom is 0.212 e. The van der Waals surface area contributed by atoms with Gasteiger partial charge in [-0.1, -0.05) is 19.1 Å². The van der Waals surface area contributed by atoms with Crippen LogP contribution in [0.3, 0.4) is 0 Å². The van der Waals surface area contributed by atoms with E-state index < -0.39 is 0 Å². The minimum absolute atomic E-state index is 0.983. The number of benzene rings is 1. The maximum absolute atomic E-state index is 4.59. The SMILES string of the molecule is CCC[NH+]1CNc2nc3ccccc3n2C1. The van der Waals surface area contributed by atoms with Crippen LogP contribution in [0.2, 0.25) is 0 Å². The van der Waals surface area contributed by atoms with E-state index in [1.165, 1.54) is 18.5 Å². The molecular weight excluding hydrogens is 200 g/mol. The standard InChI is InChI=1S/C12H16N4/c1-2-7-15-8-13-12-14-10-5-3-4-6-11(10)16(12)9-15/h3-6H,2,7-9H2,1H3,(H,13,14)/p+1. The smallest absolute Gasteiger partial charge is 0.212 e. The molecule has 2 heterocycles. The zero-order valence-corrected chi connectivity index (χ0v) is 9.53. The van der Waals surface area contributed by atoms with Gasteiger partial charge in [0.05, 0.1) is 17.6 Å². The molecule has 2 N–H and O–H groups in total. The van der Waals surface area contributed by atoms with Crippen LogP contribution in [0, 0.1) is 0 Å². The minimum Gasteiger partial charge on any atom is -0.309 e. The topological polar surface area (TPSA) is 34.3 Å². The van der Waals surface area contributed by atoms with E-state index in [0.29, 0.717) is 0 Å². The average Bonchev–Trinajstić information content (AvgIpc) is 2.68. The number of anilines is 1. The van der Waals surface area contributed by atoms with E-state index in [4.69, 9.17) is 0 Å². The molecule has 0 aliphatic carbocycles. The highest BCUT2D eigenvalue weighted by Gasteiger charge is 2.20. The summed E-state index contributed by atoms with van der Waals surface area (Å²) >= 11 is 0. The summed E-state index contributed by atoms with van der Waals surface area (Å²) in [5, 5.41) is 3.40. The summed E-state index contributed by atoms with van der Waals surface area (Å²) in [5.41, 5.74) is 2.32. The molecule has 0 spiro atoms. The van der Waals surface area contributed by atoms with E-state index in [9.17, 15) is 0 Å². The van der Waals surface area contributed by atoms with Gasteiger partial charge < -0.3 is 10.2 Å². The number of imidazole rings is 1. The van der Waals surface area contributed by atoms with Crippen LogP contribution in [0.25, 0.3) is 11.0 Å². The number of fused-ring (bicyclic) bond motifs is 3. The van der Waals surface area contributed by atoms with Crippen molar-refractivity contribution in [2.75, 3.05) is 18.5 Å². The van der Waals surface area contributed by atoms with Gasteiger partial charge in [0, 0.05) is 0 Å². The number of quaternary nitrogens is 1. The number of rotatable bonds is 2. The molecule has 4 nitrogen and oxygen atoms in total. The quantitative estimate of drug-likeness (QED) is 0.775. The van der Waals surface area contributed by atoms with Gasteiger partial charge in [-0.3, -0.25) is 4.57 Å². The van der Waals surface area contributed by atoms with Crippen LogP contribution >= 0.6 is 0 Å². The van der Waals surface area contributed by atoms with E-state index in [1.807, 2.05) is 6.07 Å². The predicted molar refractivity (Wildman–Crippen MR) is 64.3 cm³/mol. The molecule has 0 saturated heterocycles. The van der Waals surface area contributed by atoms with E-state index in [2.05, 4.69) is 40.0 Å². The normalized spacial score (nSPS) is 19.4. The largest absolute Gasteiger partial charge is 0.309 e. The molecule has 1 aromatic heterocycles. The average molecular weight is 217 g/mol. The van der Waals surface area contributed by atoms with E-state index in [-0.39, 0.29) is 0 Å². The molecule has 16 heavy (non-hydrogen) atoms. The van der Waals surface area contributed by atoms with Crippen LogP contribution in [0.1, 0.15) is 13.3 Å². The Labute approximate surface area is 94.9 Å². The minimum atomic E-state index is 0.983. The molecule has 1 aliphatic rings. The van der Waals surface area contributed by atoms with E-state index in [0.717, 1.165) is 24.8 Å². The molecule has 1 atom stereocenters. The monoisotopic (exact) mass is 217 g/mol. The first kappa shape index (κ1) is 9.66. The van der Waals surface area contributed by atoms with E-state index >= 15 is 0 Å². The van der Waals surface area contributed by atoms with Gasteiger partial charge >= 0.3 is 0 Å². The fourth-order valence-electron chi connectivity index (χ4n) is 2.38. The Balaban J connectivity index is 2.01. The van der Waals surface area contributed by atoms with Gasteiger partial charge in [-0.25, -0.2) is 4.98 Å². The summed E-state index contributed by atoms with van der Waals surface area (Å²) < 4.78 is 2.28. The Morgan fingerprint density at radius 3 is 3.19 bits per heavy atom. The van der Waals surface area contributed by atoms with Crippen molar-refractivity contribution in [2.24, 2.45) is 0 Å². The number of aromatic nitrogens is 2. The van der Waals surface area contributed by atoms with Crippen molar-refractivity contribution in [3.8, 4) is 0 Å². The van der Waals surface area contributed by atoms with Crippen molar-refractivity contribution in [1.82, 2.24) is 9.55 Å².